The lowest BCUT2D eigenvalue weighted by Gasteiger charge is -2.09. The summed E-state index contributed by atoms with van der Waals surface area (Å²) in [4.78, 5) is 15.4. The Kier molecular flexibility index (Phi) is 7.24. The quantitative estimate of drug-likeness (QED) is 0.613. The molecule has 4 N–H and O–H groups in total. The summed E-state index contributed by atoms with van der Waals surface area (Å²) >= 11 is 0. The maximum atomic E-state index is 10.8. The lowest BCUT2D eigenvalue weighted by Crippen LogP contribution is -2.28. The molecule has 4 heteroatoms. The van der Waals surface area contributed by atoms with Gasteiger partial charge in [-0.05, 0) is 13.8 Å². The molecule has 0 aromatic carbocycles. The Morgan fingerprint density at radius 3 is 2.00 bits per heavy atom. The summed E-state index contributed by atoms with van der Waals surface area (Å²) < 4.78 is 0. The van der Waals surface area contributed by atoms with Crippen molar-refractivity contribution >= 4 is 5.97 Å². The first-order valence-electron chi connectivity index (χ1n) is 3.50. The van der Waals surface area contributed by atoms with Gasteiger partial charge in [0.1, 0.15) is 0 Å². The second-order valence-corrected chi connectivity index (χ2v) is 2.85. The van der Waals surface area contributed by atoms with E-state index in [4.69, 9.17) is 0 Å². The van der Waals surface area contributed by atoms with Crippen LogP contribution in [0.25, 0.3) is 0 Å². The molecule has 0 atom stereocenters. The first-order valence-corrected chi connectivity index (χ1v) is 3.50. The minimum Gasteiger partial charge on any atom is -0.370 e. The molecule has 0 fully saturated rings. The van der Waals surface area contributed by atoms with Crippen molar-refractivity contribution in [3.8, 4) is 0 Å². The van der Waals surface area contributed by atoms with Crippen LogP contribution in [0.4, 0.5) is 0 Å². The van der Waals surface area contributed by atoms with E-state index in [1.54, 1.807) is 13.8 Å². The normalized spacial score (nSPS) is 9.64. The first kappa shape index (κ1) is 13.0. The molecule has 11 heavy (non-hydrogen) atoms. The minimum absolute atomic E-state index is 0. The first-order chi connectivity index (χ1) is 4.54. The Bertz CT molecular complexity index is 113. The van der Waals surface area contributed by atoms with E-state index in [-0.39, 0.29) is 24.1 Å². The molecule has 0 saturated carbocycles. The zero-order valence-corrected chi connectivity index (χ0v) is 7.68. The number of hydroxylamine groups is 1. The van der Waals surface area contributed by atoms with E-state index >= 15 is 0 Å². The van der Waals surface area contributed by atoms with Crippen LogP contribution in [0.1, 0.15) is 27.7 Å². The van der Waals surface area contributed by atoms with Crippen LogP contribution in [0.3, 0.4) is 0 Å². The number of hydrogen-bond donors (Lipinski definition) is 2. The third-order valence-electron chi connectivity index (χ3n) is 0.867. The van der Waals surface area contributed by atoms with Crippen molar-refractivity contribution in [3.63, 3.8) is 0 Å². The molecule has 0 saturated heterocycles. The van der Waals surface area contributed by atoms with Gasteiger partial charge in [-0.2, -0.15) is 5.48 Å². The van der Waals surface area contributed by atoms with Crippen molar-refractivity contribution in [1.29, 1.82) is 0 Å². The summed E-state index contributed by atoms with van der Waals surface area (Å²) in [7, 11) is 0. The summed E-state index contributed by atoms with van der Waals surface area (Å²) in [6.45, 7) is 7.41. The maximum Gasteiger partial charge on any atom is 0.327 e. The van der Waals surface area contributed by atoms with E-state index in [1.165, 1.54) is 0 Å². The van der Waals surface area contributed by atoms with Gasteiger partial charge in [-0.25, -0.2) is 0 Å². The Morgan fingerprint density at radius 2 is 1.73 bits per heavy atom. The molecule has 68 valence electrons. The van der Waals surface area contributed by atoms with Crippen molar-refractivity contribution in [2.45, 2.75) is 33.7 Å². The Morgan fingerprint density at radius 1 is 1.27 bits per heavy atom. The predicted molar refractivity (Wildman–Crippen MR) is 44.2 cm³/mol. The maximum absolute atomic E-state index is 10.8. The monoisotopic (exact) mass is 162 g/mol. The molecule has 0 aliphatic rings. The summed E-state index contributed by atoms with van der Waals surface area (Å²) in [6, 6.07) is 0.183. The van der Waals surface area contributed by atoms with Gasteiger partial charge in [-0.15, -0.1) is 0 Å². The average molecular weight is 162 g/mol. The van der Waals surface area contributed by atoms with Gasteiger partial charge in [0.2, 0.25) is 0 Å². The molecule has 0 unspecified atom stereocenters. The number of hydrogen-bond acceptors (Lipinski definition) is 4. The third kappa shape index (κ3) is 7.29. The highest BCUT2D eigenvalue weighted by Gasteiger charge is 2.08. The summed E-state index contributed by atoms with van der Waals surface area (Å²) in [5, 5.41) is 0. The van der Waals surface area contributed by atoms with Crippen molar-refractivity contribution in [3.05, 3.63) is 0 Å². The van der Waals surface area contributed by atoms with E-state index in [1.807, 2.05) is 13.8 Å². The number of rotatable bonds is 3. The minimum atomic E-state index is -0.214. The van der Waals surface area contributed by atoms with Crippen LogP contribution in [0.5, 0.6) is 0 Å². The second-order valence-electron chi connectivity index (χ2n) is 2.85. The molecule has 0 bridgehead atoms. The summed E-state index contributed by atoms with van der Waals surface area (Å²) in [6.07, 6.45) is 0. The molecule has 0 aliphatic carbocycles. The Labute approximate surface area is 67.8 Å². The lowest BCUT2D eigenvalue weighted by molar-refractivity contribution is -0.156. The SMILES string of the molecule is CC(C)NOC(=O)C(C)C.N. The van der Waals surface area contributed by atoms with Gasteiger partial charge >= 0.3 is 5.97 Å². The molecule has 0 radical (unpaired) electrons. The highest BCUT2D eigenvalue weighted by atomic mass is 16.7. The van der Waals surface area contributed by atoms with Crippen LogP contribution in [0.2, 0.25) is 0 Å². The van der Waals surface area contributed by atoms with Crippen LogP contribution >= 0.6 is 0 Å². The summed E-state index contributed by atoms with van der Waals surface area (Å²) in [5.74, 6) is -0.278. The van der Waals surface area contributed by atoms with Crippen molar-refractivity contribution in [2.24, 2.45) is 5.92 Å². The highest BCUT2D eigenvalue weighted by molar-refractivity contribution is 5.71. The topological polar surface area (TPSA) is 73.3 Å². The van der Waals surface area contributed by atoms with E-state index in [0.717, 1.165) is 0 Å². The van der Waals surface area contributed by atoms with Gasteiger partial charge in [-0.3, -0.25) is 4.79 Å². The third-order valence-corrected chi connectivity index (χ3v) is 0.867. The molecule has 0 amide bonds. The zero-order chi connectivity index (χ0) is 8.15. The number of carbonyl (C=O) groups is 1. The fourth-order valence-electron chi connectivity index (χ4n) is 0.294. The lowest BCUT2D eigenvalue weighted by atomic mass is 10.2. The van der Waals surface area contributed by atoms with Crippen molar-refractivity contribution in [1.82, 2.24) is 11.6 Å². The zero-order valence-electron chi connectivity index (χ0n) is 7.68. The van der Waals surface area contributed by atoms with Crippen LogP contribution < -0.4 is 11.6 Å². The Balaban J connectivity index is 0. The predicted octanol–water partition coefficient (Wildman–Crippen LogP) is 1.26. The smallest absolute Gasteiger partial charge is 0.327 e. The van der Waals surface area contributed by atoms with Gasteiger partial charge in [0.15, 0.2) is 0 Å². The van der Waals surface area contributed by atoms with E-state index in [0.29, 0.717) is 0 Å². The molecule has 0 rings (SSSR count). The molecular formula is C7H18N2O2. The van der Waals surface area contributed by atoms with Crippen LogP contribution in [0, 0.1) is 5.92 Å². The molecule has 0 heterocycles. The highest BCUT2D eigenvalue weighted by Crippen LogP contribution is 1.93. The van der Waals surface area contributed by atoms with Gasteiger partial charge in [0.25, 0.3) is 0 Å². The van der Waals surface area contributed by atoms with E-state index < -0.39 is 0 Å². The molecule has 0 aliphatic heterocycles. The van der Waals surface area contributed by atoms with Gasteiger partial charge in [-0.1, -0.05) is 13.8 Å². The van der Waals surface area contributed by atoms with E-state index in [9.17, 15) is 4.79 Å². The standard InChI is InChI=1S/C7H15NO2.H3N/c1-5(2)7(9)10-8-6(3)4;/h5-6,8H,1-4H3;1H3. The molecule has 0 spiro atoms. The average Bonchev–Trinajstić information content (AvgIpc) is 1.82. The van der Waals surface area contributed by atoms with Crippen LogP contribution in [0.15, 0.2) is 0 Å². The van der Waals surface area contributed by atoms with Crippen molar-refractivity contribution < 1.29 is 9.63 Å². The number of nitrogens with one attached hydrogen (secondary N) is 1. The molecule has 0 aromatic rings. The molecule has 4 nitrogen and oxygen atoms in total. The molecular weight excluding hydrogens is 144 g/mol. The van der Waals surface area contributed by atoms with Gasteiger partial charge in [0, 0.05) is 6.04 Å². The van der Waals surface area contributed by atoms with Gasteiger partial charge < -0.3 is 11.0 Å². The summed E-state index contributed by atoms with van der Waals surface area (Å²) in [5.41, 5.74) is 2.58. The Hall–Kier alpha value is -0.610. The van der Waals surface area contributed by atoms with Gasteiger partial charge in [0.05, 0.1) is 5.92 Å². The molecule has 0 aromatic heterocycles. The fraction of sp³-hybridized carbons (Fsp3) is 0.857. The largest absolute Gasteiger partial charge is 0.370 e. The fourth-order valence-corrected chi connectivity index (χ4v) is 0.294. The van der Waals surface area contributed by atoms with E-state index in [2.05, 4.69) is 10.3 Å². The second kappa shape index (κ2) is 6.12. The number of carbonyl (C=O) groups excluding carboxylic acids is 1. The van der Waals surface area contributed by atoms with Crippen molar-refractivity contribution in [2.75, 3.05) is 0 Å². The van der Waals surface area contributed by atoms with Crippen LogP contribution in [-0.2, 0) is 9.63 Å². The van der Waals surface area contributed by atoms with Crippen LogP contribution in [-0.4, -0.2) is 12.0 Å².